The van der Waals surface area contributed by atoms with Crippen LogP contribution in [-0.4, -0.2) is 14.5 Å². The summed E-state index contributed by atoms with van der Waals surface area (Å²) in [5.74, 6) is 0. The molecule has 0 unspecified atom stereocenters. The first-order valence-electron chi connectivity index (χ1n) is 7.54. The van der Waals surface area contributed by atoms with Crippen molar-refractivity contribution in [3.05, 3.63) is 59.4 Å². The van der Waals surface area contributed by atoms with Crippen molar-refractivity contribution in [2.45, 2.75) is 32.3 Å². The molecule has 2 aromatic heterocycles. The van der Waals surface area contributed by atoms with E-state index in [1.807, 2.05) is 28.9 Å². The van der Waals surface area contributed by atoms with Crippen LogP contribution in [0.4, 0.5) is 0 Å². The molecule has 0 saturated carbocycles. The number of fused-ring (bicyclic) bond motifs is 2. The van der Waals surface area contributed by atoms with E-state index in [2.05, 4.69) is 23.2 Å². The molecule has 21 heavy (non-hydrogen) atoms. The van der Waals surface area contributed by atoms with Crippen molar-refractivity contribution in [2.24, 2.45) is 0 Å². The molecule has 1 aliphatic rings. The molecule has 1 aromatic carbocycles. The van der Waals surface area contributed by atoms with E-state index >= 15 is 0 Å². The summed E-state index contributed by atoms with van der Waals surface area (Å²) in [6.45, 7) is 0.0578. The molecule has 0 amide bonds. The van der Waals surface area contributed by atoms with Crippen LogP contribution in [0.1, 0.15) is 29.5 Å². The maximum Gasteiger partial charge on any atom is 0.137 e. The second-order valence-corrected chi connectivity index (χ2v) is 5.78. The van der Waals surface area contributed by atoms with Crippen LogP contribution in [-0.2, 0) is 19.4 Å². The van der Waals surface area contributed by atoms with Crippen LogP contribution in [0, 0.1) is 0 Å². The predicted molar refractivity (Wildman–Crippen MR) is 83.2 cm³/mol. The molecule has 106 valence electrons. The van der Waals surface area contributed by atoms with E-state index in [-0.39, 0.29) is 6.61 Å². The van der Waals surface area contributed by atoms with Crippen LogP contribution in [0.2, 0.25) is 0 Å². The van der Waals surface area contributed by atoms with Gasteiger partial charge in [-0.2, -0.15) is 0 Å². The summed E-state index contributed by atoms with van der Waals surface area (Å²) in [7, 11) is 0. The molecule has 0 saturated heterocycles. The Hall–Kier alpha value is -2.13. The van der Waals surface area contributed by atoms with Gasteiger partial charge in [-0.05, 0) is 54.5 Å². The van der Waals surface area contributed by atoms with Gasteiger partial charge < -0.3 is 9.51 Å². The Morgan fingerprint density at radius 3 is 2.71 bits per heavy atom. The van der Waals surface area contributed by atoms with Crippen molar-refractivity contribution in [1.29, 1.82) is 0 Å². The van der Waals surface area contributed by atoms with Crippen molar-refractivity contribution in [3.8, 4) is 11.3 Å². The lowest BCUT2D eigenvalue weighted by Gasteiger charge is -2.15. The highest BCUT2D eigenvalue weighted by molar-refractivity contribution is 5.64. The van der Waals surface area contributed by atoms with Gasteiger partial charge in [0.2, 0.25) is 0 Å². The Morgan fingerprint density at radius 1 is 1.00 bits per heavy atom. The average Bonchev–Trinajstić information content (AvgIpc) is 2.97. The van der Waals surface area contributed by atoms with Gasteiger partial charge in [0.25, 0.3) is 0 Å². The van der Waals surface area contributed by atoms with Gasteiger partial charge in [-0.1, -0.05) is 18.2 Å². The van der Waals surface area contributed by atoms with Gasteiger partial charge in [0, 0.05) is 18.0 Å². The molecule has 2 heterocycles. The van der Waals surface area contributed by atoms with Crippen LogP contribution in [0.5, 0.6) is 0 Å². The third-order valence-corrected chi connectivity index (χ3v) is 4.34. The maximum atomic E-state index is 9.22. The van der Waals surface area contributed by atoms with Crippen molar-refractivity contribution >= 4 is 5.65 Å². The molecule has 0 atom stereocenters. The number of rotatable bonds is 2. The van der Waals surface area contributed by atoms with Crippen molar-refractivity contribution in [3.63, 3.8) is 0 Å². The molecular weight excluding hydrogens is 260 g/mol. The fourth-order valence-corrected chi connectivity index (χ4v) is 3.16. The van der Waals surface area contributed by atoms with Crippen LogP contribution >= 0.6 is 0 Å². The Balaban J connectivity index is 1.78. The summed E-state index contributed by atoms with van der Waals surface area (Å²) in [6, 6.07) is 10.6. The zero-order chi connectivity index (χ0) is 14.2. The van der Waals surface area contributed by atoms with Gasteiger partial charge in [-0.3, -0.25) is 0 Å². The highest BCUT2D eigenvalue weighted by Gasteiger charge is 2.11. The normalized spacial score (nSPS) is 14.3. The highest BCUT2D eigenvalue weighted by atomic mass is 16.3. The lowest BCUT2D eigenvalue weighted by Crippen LogP contribution is -2.02. The first-order chi connectivity index (χ1) is 10.3. The second-order valence-electron chi connectivity index (χ2n) is 5.78. The largest absolute Gasteiger partial charge is 0.392 e. The van der Waals surface area contributed by atoms with Crippen molar-refractivity contribution in [1.82, 2.24) is 9.38 Å². The van der Waals surface area contributed by atoms with E-state index in [4.69, 9.17) is 0 Å². The Kier molecular flexibility index (Phi) is 3.00. The number of aryl methyl sites for hydroxylation is 2. The second kappa shape index (κ2) is 5.01. The predicted octanol–water partition coefficient (Wildman–Crippen LogP) is 3.37. The number of hydrogen-bond acceptors (Lipinski definition) is 2. The number of pyridine rings is 1. The van der Waals surface area contributed by atoms with E-state index in [9.17, 15) is 5.11 Å². The first-order valence-corrected chi connectivity index (χ1v) is 7.54. The van der Waals surface area contributed by atoms with Crippen molar-refractivity contribution in [2.75, 3.05) is 0 Å². The van der Waals surface area contributed by atoms with Crippen LogP contribution < -0.4 is 0 Å². The monoisotopic (exact) mass is 278 g/mol. The number of imidazole rings is 1. The summed E-state index contributed by atoms with van der Waals surface area (Å²) in [5, 5.41) is 9.22. The van der Waals surface area contributed by atoms with Crippen LogP contribution in [0.3, 0.4) is 0 Å². The Labute approximate surface area is 123 Å². The zero-order valence-electron chi connectivity index (χ0n) is 11.9. The van der Waals surface area contributed by atoms with Gasteiger partial charge >= 0.3 is 0 Å². The first kappa shape index (κ1) is 12.6. The number of aliphatic hydroxyl groups excluding tert-OH is 1. The summed E-state index contributed by atoms with van der Waals surface area (Å²) >= 11 is 0. The lowest BCUT2D eigenvalue weighted by atomic mass is 9.90. The standard InChI is InChI=1S/C18H18N2O/c21-12-13-5-8-18-19-17(11-20(18)10-13)16-7-6-14-3-1-2-4-15(14)9-16/h5-11,21H,1-4,12H2. The lowest BCUT2D eigenvalue weighted by molar-refractivity contribution is 0.281. The molecule has 1 N–H and O–H groups in total. The van der Waals surface area contributed by atoms with E-state index < -0.39 is 0 Å². The topological polar surface area (TPSA) is 37.5 Å². The smallest absolute Gasteiger partial charge is 0.137 e. The van der Waals surface area contributed by atoms with Gasteiger partial charge in [0.15, 0.2) is 0 Å². The molecule has 0 spiro atoms. The maximum absolute atomic E-state index is 9.22. The SMILES string of the molecule is OCc1ccc2nc(-c3ccc4c(c3)CCCC4)cn2c1. The molecule has 0 fully saturated rings. The average molecular weight is 278 g/mol. The highest BCUT2D eigenvalue weighted by Crippen LogP contribution is 2.27. The van der Waals surface area contributed by atoms with E-state index in [0.717, 1.165) is 16.9 Å². The zero-order valence-corrected chi connectivity index (χ0v) is 11.9. The molecular formula is C18H18N2O. The van der Waals surface area contributed by atoms with E-state index in [1.54, 1.807) is 0 Å². The van der Waals surface area contributed by atoms with Gasteiger partial charge in [0.1, 0.15) is 5.65 Å². The van der Waals surface area contributed by atoms with Gasteiger partial charge in [-0.15, -0.1) is 0 Å². The summed E-state index contributed by atoms with van der Waals surface area (Å²) < 4.78 is 1.99. The van der Waals surface area contributed by atoms with Crippen molar-refractivity contribution < 1.29 is 5.11 Å². The minimum absolute atomic E-state index is 0.0578. The molecule has 3 nitrogen and oxygen atoms in total. The quantitative estimate of drug-likeness (QED) is 0.780. The minimum Gasteiger partial charge on any atom is -0.392 e. The molecule has 3 aromatic rings. The van der Waals surface area contributed by atoms with E-state index in [1.165, 1.54) is 42.4 Å². The molecule has 4 rings (SSSR count). The fourth-order valence-electron chi connectivity index (χ4n) is 3.16. The summed E-state index contributed by atoms with van der Waals surface area (Å²) in [6.07, 6.45) is 8.97. The third kappa shape index (κ3) is 2.24. The number of hydrogen-bond donors (Lipinski definition) is 1. The number of nitrogens with zero attached hydrogens (tertiary/aromatic N) is 2. The Bertz CT molecular complexity index is 804. The van der Waals surface area contributed by atoms with Crippen LogP contribution in [0.25, 0.3) is 16.9 Å². The molecule has 3 heteroatoms. The summed E-state index contributed by atoms with van der Waals surface area (Å²) in [5.41, 5.74) is 6.98. The third-order valence-electron chi connectivity index (χ3n) is 4.34. The number of aliphatic hydroxyl groups is 1. The molecule has 0 radical (unpaired) electrons. The summed E-state index contributed by atoms with van der Waals surface area (Å²) in [4.78, 5) is 4.69. The van der Waals surface area contributed by atoms with Gasteiger partial charge in [-0.25, -0.2) is 4.98 Å². The van der Waals surface area contributed by atoms with Crippen LogP contribution in [0.15, 0.2) is 42.7 Å². The minimum atomic E-state index is 0.0578. The Morgan fingerprint density at radius 2 is 1.86 bits per heavy atom. The van der Waals surface area contributed by atoms with Gasteiger partial charge in [0.05, 0.1) is 12.3 Å². The number of benzene rings is 1. The van der Waals surface area contributed by atoms with E-state index in [0.29, 0.717) is 0 Å². The molecule has 0 aliphatic heterocycles. The number of aromatic nitrogens is 2. The molecule has 1 aliphatic carbocycles. The molecule has 0 bridgehead atoms. The fraction of sp³-hybridized carbons (Fsp3) is 0.278.